The molecule has 26 heavy (non-hydrogen) atoms. The standard InChI is InChI=1S/C19H26ClN5O/c1-23(9-4-11-25-10-3-8-22-25)19(26)21-14-16-7-12-24(15-16)18-6-2-5-17(20)13-18/h2-3,5-6,8,10,13,16H,4,7,9,11-12,14-15H2,1H3,(H,21,26)/t16-/m0/s1. The number of aromatic nitrogens is 2. The molecule has 1 fully saturated rings. The molecule has 0 unspecified atom stereocenters. The molecule has 1 saturated heterocycles. The lowest BCUT2D eigenvalue weighted by molar-refractivity contribution is 0.205. The molecule has 2 heterocycles. The molecule has 0 spiro atoms. The molecule has 0 bridgehead atoms. The summed E-state index contributed by atoms with van der Waals surface area (Å²) in [5, 5.41) is 7.99. The third kappa shape index (κ3) is 5.14. The van der Waals surface area contributed by atoms with Gasteiger partial charge in [-0.25, -0.2) is 4.79 Å². The molecule has 1 aliphatic heterocycles. The van der Waals surface area contributed by atoms with E-state index in [1.165, 1.54) is 0 Å². The number of hydrogen-bond donors (Lipinski definition) is 1. The topological polar surface area (TPSA) is 53.4 Å². The summed E-state index contributed by atoms with van der Waals surface area (Å²) in [4.78, 5) is 16.3. The minimum absolute atomic E-state index is 0.00771. The van der Waals surface area contributed by atoms with E-state index in [4.69, 9.17) is 11.6 Å². The number of carbonyl (C=O) groups excluding carboxylic acids is 1. The van der Waals surface area contributed by atoms with E-state index in [-0.39, 0.29) is 6.03 Å². The SMILES string of the molecule is CN(CCCn1cccn1)C(=O)NC[C@@H]1CCN(c2cccc(Cl)c2)C1. The van der Waals surface area contributed by atoms with Gasteiger partial charge < -0.3 is 15.1 Å². The van der Waals surface area contributed by atoms with Crippen LogP contribution in [0.25, 0.3) is 0 Å². The Balaban J connectivity index is 1.36. The van der Waals surface area contributed by atoms with Crippen LogP contribution in [-0.2, 0) is 6.54 Å². The van der Waals surface area contributed by atoms with Gasteiger partial charge in [-0.3, -0.25) is 4.68 Å². The van der Waals surface area contributed by atoms with Crippen LogP contribution < -0.4 is 10.2 Å². The van der Waals surface area contributed by atoms with Crippen LogP contribution in [0.5, 0.6) is 0 Å². The van der Waals surface area contributed by atoms with Crippen molar-refractivity contribution in [1.29, 1.82) is 0 Å². The summed E-state index contributed by atoms with van der Waals surface area (Å²) < 4.78 is 1.88. The Kier molecular flexibility index (Phi) is 6.39. The van der Waals surface area contributed by atoms with Gasteiger partial charge in [-0.1, -0.05) is 17.7 Å². The third-order valence-electron chi connectivity index (χ3n) is 4.79. The van der Waals surface area contributed by atoms with E-state index in [1.54, 1.807) is 11.1 Å². The molecule has 1 aromatic heterocycles. The maximum Gasteiger partial charge on any atom is 0.317 e. The van der Waals surface area contributed by atoms with Crippen molar-refractivity contribution in [3.8, 4) is 0 Å². The van der Waals surface area contributed by atoms with Gasteiger partial charge in [0.05, 0.1) is 0 Å². The highest BCUT2D eigenvalue weighted by Crippen LogP contribution is 2.25. The molecule has 6 nitrogen and oxygen atoms in total. The van der Waals surface area contributed by atoms with Crippen molar-refractivity contribution >= 4 is 23.3 Å². The van der Waals surface area contributed by atoms with E-state index in [1.807, 2.05) is 42.2 Å². The molecule has 1 aliphatic rings. The van der Waals surface area contributed by atoms with Crippen molar-refractivity contribution in [3.63, 3.8) is 0 Å². The van der Waals surface area contributed by atoms with E-state index in [2.05, 4.69) is 21.4 Å². The predicted molar refractivity (Wildman–Crippen MR) is 105 cm³/mol. The van der Waals surface area contributed by atoms with Crippen LogP contribution in [0, 0.1) is 5.92 Å². The van der Waals surface area contributed by atoms with Gasteiger partial charge >= 0.3 is 6.03 Å². The number of aryl methyl sites for hydroxylation is 1. The first-order valence-corrected chi connectivity index (χ1v) is 9.46. The van der Waals surface area contributed by atoms with Gasteiger partial charge in [0, 0.05) is 62.9 Å². The Morgan fingerprint density at radius 3 is 3.08 bits per heavy atom. The van der Waals surface area contributed by atoms with Gasteiger partial charge in [0.25, 0.3) is 0 Å². The number of nitrogens with zero attached hydrogens (tertiary/aromatic N) is 4. The molecule has 1 atom stereocenters. The van der Waals surface area contributed by atoms with Crippen molar-refractivity contribution in [2.24, 2.45) is 5.92 Å². The summed E-state index contributed by atoms with van der Waals surface area (Å²) in [6.45, 7) is 4.19. The Hall–Kier alpha value is -2.21. The first-order valence-electron chi connectivity index (χ1n) is 9.09. The Labute approximate surface area is 159 Å². The van der Waals surface area contributed by atoms with Crippen LogP contribution in [0.2, 0.25) is 5.02 Å². The minimum Gasteiger partial charge on any atom is -0.371 e. The van der Waals surface area contributed by atoms with Crippen molar-refractivity contribution in [2.45, 2.75) is 19.4 Å². The molecule has 7 heteroatoms. The number of nitrogens with one attached hydrogen (secondary N) is 1. The predicted octanol–water partition coefficient (Wildman–Crippen LogP) is 3.09. The Morgan fingerprint density at radius 1 is 1.42 bits per heavy atom. The van der Waals surface area contributed by atoms with Crippen molar-refractivity contribution in [1.82, 2.24) is 20.0 Å². The average molecular weight is 376 g/mol. The van der Waals surface area contributed by atoms with Crippen LogP contribution in [-0.4, -0.2) is 53.9 Å². The van der Waals surface area contributed by atoms with Crippen LogP contribution in [0.3, 0.4) is 0 Å². The second kappa shape index (κ2) is 8.94. The zero-order valence-electron chi connectivity index (χ0n) is 15.1. The molecular formula is C19H26ClN5O. The van der Waals surface area contributed by atoms with Crippen LogP contribution in [0.1, 0.15) is 12.8 Å². The van der Waals surface area contributed by atoms with Gasteiger partial charge in [0.2, 0.25) is 0 Å². The van der Waals surface area contributed by atoms with Gasteiger partial charge in [0.1, 0.15) is 0 Å². The second-order valence-corrected chi connectivity index (χ2v) is 7.25. The van der Waals surface area contributed by atoms with Crippen molar-refractivity contribution < 1.29 is 4.79 Å². The lowest BCUT2D eigenvalue weighted by atomic mass is 10.1. The van der Waals surface area contributed by atoms with E-state index in [9.17, 15) is 4.79 Å². The molecule has 2 aromatic rings. The summed E-state index contributed by atoms with van der Waals surface area (Å²) in [7, 11) is 1.84. The fourth-order valence-electron chi connectivity index (χ4n) is 3.28. The van der Waals surface area contributed by atoms with Crippen LogP contribution in [0.15, 0.2) is 42.7 Å². The minimum atomic E-state index is -0.00771. The highest BCUT2D eigenvalue weighted by Gasteiger charge is 2.23. The highest BCUT2D eigenvalue weighted by molar-refractivity contribution is 6.30. The smallest absolute Gasteiger partial charge is 0.317 e. The molecule has 1 N–H and O–H groups in total. The molecular weight excluding hydrogens is 350 g/mol. The number of anilines is 1. The van der Waals surface area contributed by atoms with Crippen molar-refractivity contribution in [3.05, 3.63) is 47.7 Å². The normalized spacial score (nSPS) is 16.7. The summed E-state index contributed by atoms with van der Waals surface area (Å²) >= 11 is 6.08. The molecule has 0 saturated carbocycles. The zero-order chi connectivity index (χ0) is 18.4. The average Bonchev–Trinajstić information content (AvgIpc) is 3.31. The van der Waals surface area contributed by atoms with Crippen LogP contribution >= 0.6 is 11.6 Å². The first kappa shape index (κ1) is 18.6. The number of benzene rings is 1. The summed E-state index contributed by atoms with van der Waals surface area (Å²) in [6.07, 6.45) is 5.67. The fraction of sp³-hybridized carbons (Fsp3) is 0.474. The highest BCUT2D eigenvalue weighted by atomic mass is 35.5. The summed E-state index contributed by atoms with van der Waals surface area (Å²) in [5.74, 6) is 0.468. The largest absolute Gasteiger partial charge is 0.371 e. The van der Waals surface area contributed by atoms with E-state index >= 15 is 0 Å². The molecule has 1 aromatic carbocycles. The maximum atomic E-state index is 12.2. The maximum absolute atomic E-state index is 12.2. The molecule has 2 amide bonds. The van der Waals surface area contributed by atoms with Crippen LogP contribution in [0.4, 0.5) is 10.5 Å². The Bertz CT molecular complexity index is 706. The molecule has 3 rings (SSSR count). The van der Waals surface area contributed by atoms with E-state index in [0.29, 0.717) is 19.0 Å². The fourth-order valence-corrected chi connectivity index (χ4v) is 3.46. The van der Waals surface area contributed by atoms with E-state index in [0.717, 1.165) is 43.2 Å². The third-order valence-corrected chi connectivity index (χ3v) is 5.02. The number of hydrogen-bond acceptors (Lipinski definition) is 3. The van der Waals surface area contributed by atoms with Gasteiger partial charge in [-0.15, -0.1) is 0 Å². The van der Waals surface area contributed by atoms with Gasteiger partial charge in [-0.05, 0) is 43.0 Å². The molecule has 0 aliphatic carbocycles. The summed E-state index contributed by atoms with van der Waals surface area (Å²) in [5.41, 5.74) is 1.15. The number of halogens is 1. The zero-order valence-corrected chi connectivity index (χ0v) is 15.9. The lowest BCUT2D eigenvalue weighted by Crippen LogP contribution is -2.40. The lowest BCUT2D eigenvalue weighted by Gasteiger charge is -2.21. The van der Waals surface area contributed by atoms with Crippen molar-refractivity contribution in [2.75, 3.05) is 38.1 Å². The monoisotopic (exact) mass is 375 g/mol. The number of rotatable bonds is 7. The quantitative estimate of drug-likeness (QED) is 0.809. The first-order chi connectivity index (χ1) is 12.6. The number of amides is 2. The van der Waals surface area contributed by atoms with Gasteiger partial charge in [-0.2, -0.15) is 5.10 Å². The summed E-state index contributed by atoms with van der Waals surface area (Å²) in [6, 6.07) is 9.85. The number of carbonyl (C=O) groups is 1. The number of urea groups is 1. The van der Waals surface area contributed by atoms with Gasteiger partial charge in [0.15, 0.2) is 0 Å². The molecule has 0 radical (unpaired) electrons. The second-order valence-electron chi connectivity index (χ2n) is 6.81. The van der Waals surface area contributed by atoms with E-state index < -0.39 is 0 Å². The Morgan fingerprint density at radius 2 is 2.31 bits per heavy atom. The molecule has 140 valence electrons.